The molecule has 1 aromatic heterocycles. The van der Waals surface area contributed by atoms with Gasteiger partial charge in [0, 0.05) is 11.9 Å². The van der Waals surface area contributed by atoms with Gasteiger partial charge in [-0.25, -0.2) is 0 Å². The van der Waals surface area contributed by atoms with Crippen LogP contribution in [0.3, 0.4) is 0 Å². The van der Waals surface area contributed by atoms with E-state index in [1.165, 1.54) is 10.2 Å². The quantitative estimate of drug-likeness (QED) is 0.645. The summed E-state index contributed by atoms with van der Waals surface area (Å²) in [5.74, 6) is 0. The lowest BCUT2D eigenvalue weighted by Crippen LogP contribution is -2.20. The van der Waals surface area contributed by atoms with Gasteiger partial charge < -0.3 is 0 Å². The summed E-state index contributed by atoms with van der Waals surface area (Å²) < 4.78 is 3.31. The van der Waals surface area contributed by atoms with Crippen LogP contribution in [0.1, 0.15) is 58.8 Å². The van der Waals surface area contributed by atoms with Crippen molar-refractivity contribution in [1.82, 2.24) is 9.78 Å². The summed E-state index contributed by atoms with van der Waals surface area (Å²) in [7, 11) is 0. The predicted molar refractivity (Wildman–Crippen MR) is 87.0 cm³/mol. The molecule has 0 fully saturated rings. The minimum atomic E-state index is 0.179. The number of rotatable bonds is 6. The standard InChI is InChI=1S/C15H26BrClN2/c1-6-11-14(16)12(19(7-2)18-11)9-8-10-13(17)15(3,4)5/h13H,6-10H2,1-5H3. The molecule has 1 atom stereocenters. The van der Waals surface area contributed by atoms with E-state index in [0.29, 0.717) is 0 Å². The first-order valence-electron chi connectivity index (χ1n) is 7.19. The molecule has 1 rings (SSSR count). The van der Waals surface area contributed by atoms with E-state index in [1.54, 1.807) is 0 Å². The molecule has 19 heavy (non-hydrogen) atoms. The van der Waals surface area contributed by atoms with Crippen molar-refractivity contribution < 1.29 is 0 Å². The molecule has 0 spiro atoms. The zero-order chi connectivity index (χ0) is 14.6. The Morgan fingerprint density at radius 2 is 1.95 bits per heavy atom. The first-order valence-corrected chi connectivity index (χ1v) is 8.42. The Kier molecular flexibility index (Phi) is 6.38. The largest absolute Gasteiger partial charge is 0.268 e. The monoisotopic (exact) mass is 348 g/mol. The smallest absolute Gasteiger partial charge is 0.0766 e. The third kappa shape index (κ3) is 4.49. The van der Waals surface area contributed by atoms with Crippen molar-refractivity contribution in [2.45, 2.75) is 72.2 Å². The molecular formula is C15H26BrClN2. The Balaban J connectivity index is 2.65. The van der Waals surface area contributed by atoms with Crippen LogP contribution in [0.4, 0.5) is 0 Å². The van der Waals surface area contributed by atoms with Crippen molar-refractivity contribution in [3.63, 3.8) is 0 Å². The Morgan fingerprint density at radius 1 is 1.32 bits per heavy atom. The third-order valence-corrected chi connectivity index (χ3v) is 5.29. The zero-order valence-electron chi connectivity index (χ0n) is 12.8. The van der Waals surface area contributed by atoms with Crippen LogP contribution in [-0.2, 0) is 19.4 Å². The van der Waals surface area contributed by atoms with Gasteiger partial charge >= 0.3 is 0 Å². The van der Waals surface area contributed by atoms with Crippen molar-refractivity contribution in [2.24, 2.45) is 5.41 Å². The van der Waals surface area contributed by atoms with E-state index < -0.39 is 0 Å². The van der Waals surface area contributed by atoms with Gasteiger partial charge in [0.05, 0.1) is 15.9 Å². The number of aryl methyl sites for hydroxylation is 2. The minimum Gasteiger partial charge on any atom is -0.268 e. The second-order valence-corrected chi connectivity index (χ2v) is 7.42. The molecule has 0 aliphatic heterocycles. The molecule has 0 bridgehead atoms. The summed E-state index contributed by atoms with van der Waals surface area (Å²) in [5.41, 5.74) is 2.66. The van der Waals surface area contributed by atoms with Gasteiger partial charge in [0.2, 0.25) is 0 Å². The van der Waals surface area contributed by atoms with Crippen LogP contribution in [0.5, 0.6) is 0 Å². The average molecular weight is 350 g/mol. The lowest BCUT2D eigenvalue weighted by molar-refractivity contribution is 0.368. The van der Waals surface area contributed by atoms with E-state index in [2.05, 4.69) is 60.3 Å². The fourth-order valence-electron chi connectivity index (χ4n) is 2.14. The molecule has 110 valence electrons. The summed E-state index contributed by atoms with van der Waals surface area (Å²) in [6, 6.07) is 0. The van der Waals surface area contributed by atoms with E-state index in [0.717, 1.165) is 37.9 Å². The second-order valence-electron chi connectivity index (χ2n) is 6.10. The van der Waals surface area contributed by atoms with Crippen molar-refractivity contribution in [3.05, 3.63) is 15.9 Å². The summed E-state index contributed by atoms with van der Waals surface area (Å²) in [6.07, 6.45) is 4.17. The zero-order valence-corrected chi connectivity index (χ0v) is 15.1. The number of nitrogens with zero attached hydrogens (tertiary/aromatic N) is 2. The van der Waals surface area contributed by atoms with E-state index >= 15 is 0 Å². The molecule has 1 unspecified atom stereocenters. The molecule has 1 aromatic rings. The fourth-order valence-corrected chi connectivity index (χ4v) is 3.05. The molecule has 0 aliphatic rings. The van der Waals surface area contributed by atoms with Crippen LogP contribution in [-0.4, -0.2) is 15.2 Å². The molecule has 0 aromatic carbocycles. The van der Waals surface area contributed by atoms with Crippen LogP contribution in [0.15, 0.2) is 4.47 Å². The Bertz CT molecular complexity index is 407. The van der Waals surface area contributed by atoms with Crippen LogP contribution >= 0.6 is 27.5 Å². The topological polar surface area (TPSA) is 17.8 Å². The van der Waals surface area contributed by atoms with Crippen molar-refractivity contribution in [1.29, 1.82) is 0 Å². The number of halogens is 2. The normalized spacial score (nSPS) is 13.8. The van der Waals surface area contributed by atoms with Crippen LogP contribution in [0, 0.1) is 5.41 Å². The minimum absolute atomic E-state index is 0.179. The number of hydrogen-bond donors (Lipinski definition) is 0. The first kappa shape index (κ1) is 17.0. The molecule has 0 aliphatic carbocycles. The molecule has 0 amide bonds. The maximum atomic E-state index is 6.43. The van der Waals surface area contributed by atoms with Gasteiger partial charge in [-0.3, -0.25) is 4.68 Å². The van der Waals surface area contributed by atoms with Crippen molar-refractivity contribution in [2.75, 3.05) is 0 Å². The van der Waals surface area contributed by atoms with Gasteiger partial charge in [-0.2, -0.15) is 5.10 Å². The van der Waals surface area contributed by atoms with Gasteiger partial charge in [0.15, 0.2) is 0 Å². The summed E-state index contributed by atoms with van der Waals surface area (Å²) in [5, 5.41) is 4.86. The lowest BCUT2D eigenvalue weighted by atomic mass is 9.88. The predicted octanol–water partition coefficient (Wildman–Crippen LogP) is 5.20. The Morgan fingerprint density at radius 3 is 2.42 bits per heavy atom. The molecule has 0 saturated heterocycles. The highest BCUT2D eigenvalue weighted by atomic mass is 79.9. The molecule has 0 N–H and O–H groups in total. The molecule has 4 heteroatoms. The lowest BCUT2D eigenvalue weighted by Gasteiger charge is -2.25. The van der Waals surface area contributed by atoms with Gasteiger partial charge in [-0.1, -0.05) is 27.7 Å². The van der Waals surface area contributed by atoms with Gasteiger partial charge in [0.1, 0.15) is 0 Å². The van der Waals surface area contributed by atoms with E-state index in [4.69, 9.17) is 11.6 Å². The third-order valence-electron chi connectivity index (χ3n) is 3.50. The Labute approximate surface area is 131 Å². The number of alkyl halides is 1. The second kappa shape index (κ2) is 7.12. The Hall–Kier alpha value is -0.0200. The van der Waals surface area contributed by atoms with Gasteiger partial charge in [0.25, 0.3) is 0 Å². The molecular weight excluding hydrogens is 324 g/mol. The van der Waals surface area contributed by atoms with Gasteiger partial charge in [-0.05, 0) is 54.0 Å². The number of aromatic nitrogens is 2. The molecule has 0 saturated carbocycles. The number of hydrogen-bond acceptors (Lipinski definition) is 1. The van der Waals surface area contributed by atoms with E-state index in [-0.39, 0.29) is 10.8 Å². The SMILES string of the molecule is CCc1nn(CC)c(CCCC(Cl)C(C)(C)C)c1Br. The molecule has 1 heterocycles. The van der Waals surface area contributed by atoms with Crippen LogP contribution in [0.25, 0.3) is 0 Å². The summed E-state index contributed by atoms with van der Waals surface area (Å²) in [6.45, 7) is 11.8. The highest BCUT2D eigenvalue weighted by Crippen LogP contribution is 2.29. The van der Waals surface area contributed by atoms with Crippen LogP contribution in [0.2, 0.25) is 0 Å². The maximum Gasteiger partial charge on any atom is 0.0766 e. The van der Waals surface area contributed by atoms with Crippen LogP contribution < -0.4 is 0 Å². The first-order chi connectivity index (χ1) is 8.81. The van der Waals surface area contributed by atoms with Crippen molar-refractivity contribution in [3.8, 4) is 0 Å². The highest BCUT2D eigenvalue weighted by Gasteiger charge is 2.22. The highest BCUT2D eigenvalue weighted by molar-refractivity contribution is 9.10. The molecule has 2 nitrogen and oxygen atoms in total. The maximum absolute atomic E-state index is 6.43. The van der Waals surface area contributed by atoms with Gasteiger partial charge in [-0.15, -0.1) is 11.6 Å². The summed E-state index contributed by atoms with van der Waals surface area (Å²) >= 11 is 10.1. The molecule has 0 radical (unpaired) electrons. The van der Waals surface area contributed by atoms with E-state index in [1.807, 2.05) is 0 Å². The average Bonchev–Trinajstić information content (AvgIpc) is 2.64. The van der Waals surface area contributed by atoms with Crippen molar-refractivity contribution >= 4 is 27.5 Å². The fraction of sp³-hybridized carbons (Fsp3) is 0.800. The summed E-state index contributed by atoms with van der Waals surface area (Å²) in [4.78, 5) is 0. The van der Waals surface area contributed by atoms with E-state index in [9.17, 15) is 0 Å².